The second kappa shape index (κ2) is 6.26. The van der Waals surface area contributed by atoms with Gasteiger partial charge in [-0.2, -0.15) is 0 Å². The molecule has 0 saturated heterocycles. The first-order valence-electron chi connectivity index (χ1n) is 4.48. The fraction of sp³-hybridized carbons (Fsp3) is 0.444. The van der Waals surface area contributed by atoms with Crippen molar-refractivity contribution >= 4 is 13.8 Å². The van der Waals surface area contributed by atoms with Gasteiger partial charge in [0.15, 0.2) is 0 Å². The predicted octanol–water partition coefficient (Wildman–Crippen LogP) is 0.509. The van der Waals surface area contributed by atoms with Gasteiger partial charge in [-0.15, -0.1) is 0 Å². The van der Waals surface area contributed by atoms with Crippen molar-refractivity contribution < 1.29 is 19.6 Å². The molecule has 0 atom stereocenters. The Balaban J connectivity index is 0.000000583. The van der Waals surface area contributed by atoms with Crippen LogP contribution in [0.25, 0.3) is 0 Å². The molecular weight excluding hydrogens is 197 g/mol. The molecular formula is C9H16BNO4. The van der Waals surface area contributed by atoms with Crippen molar-refractivity contribution in [2.75, 3.05) is 0 Å². The van der Waals surface area contributed by atoms with E-state index in [-0.39, 0.29) is 6.09 Å². The van der Waals surface area contributed by atoms with E-state index in [1.165, 1.54) is 4.57 Å². The summed E-state index contributed by atoms with van der Waals surface area (Å²) in [6.45, 7) is 5.52. The molecule has 1 heterocycles. The Morgan fingerprint density at radius 2 is 1.67 bits per heavy atom. The number of ether oxygens (including phenoxy) is 1. The molecule has 1 aromatic rings. The molecule has 0 unspecified atom stereocenters. The van der Waals surface area contributed by atoms with E-state index >= 15 is 0 Å². The minimum atomic E-state index is -0.750. The van der Waals surface area contributed by atoms with E-state index in [0.29, 0.717) is 0 Å². The Hall–Kier alpha value is -1.27. The van der Waals surface area contributed by atoms with Gasteiger partial charge < -0.3 is 14.8 Å². The Labute approximate surface area is 89.6 Å². The Kier molecular flexibility index (Phi) is 5.73. The summed E-state index contributed by atoms with van der Waals surface area (Å²) in [5, 5.41) is 14.2. The summed E-state index contributed by atoms with van der Waals surface area (Å²) in [5.74, 6) is 0. The summed E-state index contributed by atoms with van der Waals surface area (Å²) in [5.41, 5.74) is -0.429. The molecule has 6 heteroatoms. The van der Waals surface area contributed by atoms with Crippen molar-refractivity contribution in [2.24, 2.45) is 0 Å². The van der Waals surface area contributed by atoms with Crippen LogP contribution >= 0.6 is 0 Å². The topological polar surface area (TPSA) is 71.7 Å². The monoisotopic (exact) mass is 213 g/mol. The molecule has 15 heavy (non-hydrogen) atoms. The average molecular weight is 213 g/mol. The number of nitrogens with zero attached hydrogens (tertiary/aromatic N) is 1. The third-order valence-corrected chi connectivity index (χ3v) is 1.21. The first-order chi connectivity index (χ1) is 6.90. The molecule has 0 saturated carbocycles. The predicted molar refractivity (Wildman–Crippen MR) is 57.7 cm³/mol. The van der Waals surface area contributed by atoms with Gasteiger partial charge in [-0.25, -0.2) is 4.79 Å². The summed E-state index contributed by atoms with van der Waals surface area (Å²) < 4.78 is 6.51. The van der Waals surface area contributed by atoms with Gasteiger partial charge in [0.1, 0.15) is 5.60 Å². The maximum absolute atomic E-state index is 11.3. The average Bonchev–Trinajstić information content (AvgIpc) is 2.53. The number of hydrogen-bond acceptors (Lipinski definition) is 4. The first kappa shape index (κ1) is 13.7. The van der Waals surface area contributed by atoms with Crippen LogP contribution in [0.1, 0.15) is 20.8 Å². The highest BCUT2D eigenvalue weighted by Gasteiger charge is 2.16. The molecule has 2 N–H and O–H groups in total. The fourth-order valence-corrected chi connectivity index (χ4v) is 0.771. The normalized spacial score (nSPS) is 9.93. The van der Waals surface area contributed by atoms with Crippen molar-refractivity contribution in [3.63, 3.8) is 0 Å². The fourth-order valence-electron chi connectivity index (χ4n) is 0.771. The summed E-state index contributed by atoms with van der Waals surface area (Å²) in [7, 11) is -0.750. The maximum Gasteiger partial charge on any atom is 0.432 e. The number of carbonyl (C=O) groups is 1. The molecule has 0 aliphatic carbocycles. The van der Waals surface area contributed by atoms with Crippen molar-refractivity contribution in [1.29, 1.82) is 0 Å². The smallest absolute Gasteiger partial charge is 0.432 e. The van der Waals surface area contributed by atoms with Crippen LogP contribution in [-0.2, 0) is 4.74 Å². The first-order valence-corrected chi connectivity index (χ1v) is 4.48. The number of rotatable bonds is 0. The Morgan fingerprint density at radius 3 is 2.00 bits per heavy atom. The van der Waals surface area contributed by atoms with E-state index in [1.54, 1.807) is 24.5 Å². The summed E-state index contributed by atoms with van der Waals surface area (Å²) in [4.78, 5) is 11.3. The van der Waals surface area contributed by atoms with E-state index < -0.39 is 13.3 Å². The minimum absolute atomic E-state index is 0.340. The highest BCUT2D eigenvalue weighted by atomic mass is 16.6. The minimum Gasteiger partial charge on any atom is -0.443 e. The van der Waals surface area contributed by atoms with Gasteiger partial charge in [-0.1, -0.05) is 0 Å². The zero-order valence-electron chi connectivity index (χ0n) is 9.17. The van der Waals surface area contributed by atoms with E-state index in [0.717, 1.165) is 0 Å². The molecule has 84 valence electrons. The largest absolute Gasteiger partial charge is 0.443 e. The van der Waals surface area contributed by atoms with Gasteiger partial charge in [-0.05, 0) is 32.9 Å². The van der Waals surface area contributed by atoms with Crippen molar-refractivity contribution in [1.82, 2.24) is 4.57 Å². The van der Waals surface area contributed by atoms with Gasteiger partial charge >= 0.3 is 13.8 Å². The lowest BCUT2D eigenvalue weighted by Crippen LogP contribution is -2.26. The van der Waals surface area contributed by atoms with Gasteiger partial charge in [-0.3, -0.25) is 4.57 Å². The molecule has 0 fully saturated rings. The van der Waals surface area contributed by atoms with Crippen LogP contribution in [0, 0.1) is 0 Å². The lowest BCUT2D eigenvalue weighted by Gasteiger charge is -2.19. The van der Waals surface area contributed by atoms with Crippen LogP contribution in [0.4, 0.5) is 4.79 Å². The van der Waals surface area contributed by atoms with Crippen LogP contribution in [0.3, 0.4) is 0 Å². The summed E-state index contributed by atoms with van der Waals surface area (Å²) >= 11 is 0. The van der Waals surface area contributed by atoms with Crippen molar-refractivity contribution in [2.45, 2.75) is 26.4 Å². The standard InChI is InChI=1S/C9H13NO2.BH3O2/c1-9(2,3)12-8(11)10-6-4-5-7-10;2-1-3/h4-7H,1-3H3;1-3H. The lowest BCUT2D eigenvalue weighted by atomic mass is 10.2. The highest BCUT2D eigenvalue weighted by Crippen LogP contribution is 2.08. The van der Waals surface area contributed by atoms with Crippen LogP contribution < -0.4 is 0 Å². The summed E-state index contributed by atoms with van der Waals surface area (Å²) in [6, 6.07) is 3.56. The lowest BCUT2D eigenvalue weighted by molar-refractivity contribution is 0.0537. The number of hydrogen-bond donors (Lipinski definition) is 2. The molecule has 0 radical (unpaired) electrons. The third kappa shape index (κ3) is 6.76. The molecule has 0 aromatic carbocycles. The van der Waals surface area contributed by atoms with E-state index in [4.69, 9.17) is 14.8 Å². The summed E-state index contributed by atoms with van der Waals surface area (Å²) in [6.07, 6.45) is 2.98. The quantitative estimate of drug-likeness (QED) is 0.616. The second-order valence-corrected chi connectivity index (χ2v) is 3.71. The van der Waals surface area contributed by atoms with E-state index in [9.17, 15) is 4.79 Å². The maximum atomic E-state index is 11.3. The zero-order valence-corrected chi connectivity index (χ0v) is 9.17. The van der Waals surface area contributed by atoms with E-state index in [2.05, 4.69) is 0 Å². The Morgan fingerprint density at radius 1 is 1.27 bits per heavy atom. The number of carbonyl (C=O) groups excluding carboxylic acids is 1. The van der Waals surface area contributed by atoms with Crippen LogP contribution in [0.15, 0.2) is 24.5 Å². The molecule has 0 aliphatic heterocycles. The van der Waals surface area contributed by atoms with Crippen LogP contribution in [-0.4, -0.2) is 34.0 Å². The van der Waals surface area contributed by atoms with Gasteiger partial charge in [0, 0.05) is 12.4 Å². The molecule has 1 aromatic heterocycles. The molecule has 0 aliphatic rings. The Bertz CT molecular complexity index is 279. The number of aromatic nitrogens is 1. The molecule has 0 bridgehead atoms. The van der Waals surface area contributed by atoms with Gasteiger partial charge in [0.25, 0.3) is 0 Å². The molecule has 1 rings (SSSR count). The van der Waals surface area contributed by atoms with Gasteiger partial charge in [0.2, 0.25) is 0 Å². The molecule has 5 nitrogen and oxygen atoms in total. The molecule has 0 spiro atoms. The second-order valence-electron chi connectivity index (χ2n) is 3.71. The third-order valence-electron chi connectivity index (χ3n) is 1.21. The van der Waals surface area contributed by atoms with E-state index in [1.807, 2.05) is 20.8 Å². The SMILES string of the molecule is CC(C)(C)OC(=O)n1cccc1.OBO. The van der Waals surface area contributed by atoms with Gasteiger partial charge in [0.05, 0.1) is 0 Å². The zero-order chi connectivity index (χ0) is 11.9. The van der Waals surface area contributed by atoms with Crippen molar-refractivity contribution in [3.8, 4) is 0 Å². The van der Waals surface area contributed by atoms with Crippen LogP contribution in [0.5, 0.6) is 0 Å². The molecule has 0 amide bonds. The van der Waals surface area contributed by atoms with Crippen molar-refractivity contribution in [3.05, 3.63) is 24.5 Å². The highest BCUT2D eigenvalue weighted by molar-refractivity contribution is 6.13. The van der Waals surface area contributed by atoms with Crippen LogP contribution in [0.2, 0.25) is 0 Å².